The largest absolute Gasteiger partial charge is 0.460 e. The van der Waals surface area contributed by atoms with Gasteiger partial charge in [0.05, 0.1) is 6.54 Å². The summed E-state index contributed by atoms with van der Waals surface area (Å²) in [7, 11) is 0. The monoisotopic (exact) mass is 404 g/mol. The number of rotatable bonds is 3. The van der Waals surface area contributed by atoms with Crippen LogP contribution in [-0.4, -0.2) is 29.8 Å². The van der Waals surface area contributed by atoms with Gasteiger partial charge in [0.1, 0.15) is 11.3 Å². The van der Waals surface area contributed by atoms with Gasteiger partial charge in [-0.15, -0.1) is 0 Å². The van der Waals surface area contributed by atoms with Gasteiger partial charge in [-0.1, -0.05) is 23.7 Å². The number of alkyl halides is 2. The van der Waals surface area contributed by atoms with Crippen molar-refractivity contribution < 1.29 is 18.0 Å². The minimum Gasteiger partial charge on any atom is -0.460 e. The predicted molar refractivity (Wildman–Crippen MR) is 105 cm³/mol. The zero-order valence-corrected chi connectivity index (χ0v) is 15.8. The molecule has 2 aromatic carbocycles. The molecule has 0 aliphatic carbocycles. The molecule has 3 aromatic rings. The summed E-state index contributed by atoms with van der Waals surface area (Å²) in [6, 6.07) is 12.5. The molecule has 2 heterocycles. The van der Waals surface area contributed by atoms with Crippen LogP contribution >= 0.6 is 11.6 Å². The Labute approximate surface area is 165 Å². The van der Waals surface area contributed by atoms with E-state index in [9.17, 15) is 13.6 Å². The molecule has 0 spiro atoms. The van der Waals surface area contributed by atoms with Crippen LogP contribution in [0.3, 0.4) is 0 Å². The van der Waals surface area contributed by atoms with E-state index in [4.69, 9.17) is 21.8 Å². The molecule has 0 radical (unpaired) electrons. The predicted octanol–water partition coefficient (Wildman–Crippen LogP) is 5.08. The maximum Gasteiger partial charge on any atom is 0.253 e. The molecule has 2 N–H and O–H groups in total. The number of amides is 1. The molecule has 1 saturated heterocycles. The number of hydrogen-bond donors (Lipinski definition) is 1. The highest BCUT2D eigenvalue weighted by Gasteiger charge is 2.35. The summed E-state index contributed by atoms with van der Waals surface area (Å²) < 4.78 is 32.3. The first kappa shape index (κ1) is 18.9. The molecule has 4 rings (SSSR count). The number of piperidine rings is 1. The van der Waals surface area contributed by atoms with Crippen molar-refractivity contribution in [2.24, 2.45) is 5.73 Å². The number of carbonyl (C=O) groups is 1. The SMILES string of the molecule is NCc1cc2c(-c3ccc(C(=O)N4CCC(F)(F)CC4)cc3)cc(Cl)cc2o1. The van der Waals surface area contributed by atoms with Gasteiger partial charge in [-0.2, -0.15) is 0 Å². The van der Waals surface area contributed by atoms with E-state index < -0.39 is 5.92 Å². The van der Waals surface area contributed by atoms with E-state index in [-0.39, 0.29) is 38.4 Å². The average molecular weight is 405 g/mol. The Hall–Kier alpha value is -2.44. The van der Waals surface area contributed by atoms with E-state index in [0.717, 1.165) is 16.5 Å². The summed E-state index contributed by atoms with van der Waals surface area (Å²) in [5, 5.41) is 1.43. The van der Waals surface area contributed by atoms with E-state index in [1.54, 1.807) is 18.2 Å². The van der Waals surface area contributed by atoms with Crippen LogP contribution in [0.4, 0.5) is 8.78 Å². The third-order valence-corrected chi connectivity index (χ3v) is 5.30. The summed E-state index contributed by atoms with van der Waals surface area (Å²) in [5.41, 5.74) is 8.54. The van der Waals surface area contributed by atoms with Crippen molar-refractivity contribution in [3.63, 3.8) is 0 Å². The quantitative estimate of drug-likeness (QED) is 0.662. The summed E-state index contributed by atoms with van der Waals surface area (Å²) in [4.78, 5) is 14.1. The molecule has 1 aliphatic heterocycles. The lowest BCUT2D eigenvalue weighted by Gasteiger charge is -2.31. The summed E-state index contributed by atoms with van der Waals surface area (Å²) in [6.45, 7) is 0.423. The number of benzene rings is 2. The van der Waals surface area contributed by atoms with Gasteiger partial charge < -0.3 is 15.1 Å². The number of likely N-dealkylation sites (tertiary alicyclic amines) is 1. The van der Waals surface area contributed by atoms with Gasteiger partial charge in [0.15, 0.2) is 0 Å². The third kappa shape index (κ3) is 3.62. The van der Waals surface area contributed by atoms with E-state index in [2.05, 4.69) is 0 Å². The highest BCUT2D eigenvalue weighted by atomic mass is 35.5. The van der Waals surface area contributed by atoms with Crippen LogP contribution in [0.5, 0.6) is 0 Å². The fraction of sp³-hybridized carbons (Fsp3) is 0.286. The van der Waals surface area contributed by atoms with E-state index in [1.807, 2.05) is 24.3 Å². The van der Waals surface area contributed by atoms with Gasteiger partial charge in [-0.05, 0) is 35.4 Å². The molecule has 146 valence electrons. The minimum absolute atomic E-state index is 0.0688. The molecule has 28 heavy (non-hydrogen) atoms. The van der Waals surface area contributed by atoms with Crippen LogP contribution in [0, 0.1) is 0 Å². The minimum atomic E-state index is -2.68. The van der Waals surface area contributed by atoms with Gasteiger partial charge in [0.25, 0.3) is 11.8 Å². The Balaban J connectivity index is 1.61. The van der Waals surface area contributed by atoms with Crippen LogP contribution in [0.1, 0.15) is 29.0 Å². The second kappa shape index (κ2) is 7.18. The Morgan fingerprint density at radius 2 is 1.82 bits per heavy atom. The van der Waals surface area contributed by atoms with Crippen LogP contribution in [-0.2, 0) is 6.54 Å². The smallest absolute Gasteiger partial charge is 0.253 e. The normalized spacial score (nSPS) is 16.5. The molecule has 1 amide bonds. The molecule has 0 saturated carbocycles. The number of carbonyl (C=O) groups excluding carboxylic acids is 1. The van der Waals surface area contributed by atoms with E-state index in [1.165, 1.54) is 4.90 Å². The van der Waals surface area contributed by atoms with Gasteiger partial charge in [0, 0.05) is 48.0 Å². The highest BCUT2D eigenvalue weighted by molar-refractivity contribution is 6.31. The lowest BCUT2D eigenvalue weighted by atomic mass is 9.99. The van der Waals surface area contributed by atoms with E-state index >= 15 is 0 Å². The zero-order chi connectivity index (χ0) is 19.9. The van der Waals surface area contributed by atoms with Gasteiger partial charge in [-0.25, -0.2) is 8.78 Å². The molecule has 4 nitrogen and oxygen atoms in total. The highest BCUT2D eigenvalue weighted by Crippen LogP contribution is 2.34. The standard InChI is InChI=1S/C21H19ClF2N2O2/c22-15-9-17(18-11-16(12-25)28-19(18)10-15)13-1-3-14(4-2-13)20(27)26-7-5-21(23,24)6-8-26/h1-4,9-11H,5-8,12,25H2. The van der Waals surface area contributed by atoms with Crippen molar-refractivity contribution in [3.8, 4) is 11.1 Å². The van der Waals surface area contributed by atoms with Crippen molar-refractivity contribution in [3.05, 3.63) is 58.8 Å². The van der Waals surface area contributed by atoms with Crippen molar-refractivity contribution in [1.82, 2.24) is 4.90 Å². The number of nitrogens with zero attached hydrogens (tertiary/aromatic N) is 1. The molecule has 0 bridgehead atoms. The number of furan rings is 1. The molecule has 0 unspecified atom stereocenters. The van der Waals surface area contributed by atoms with E-state index in [0.29, 0.717) is 21.9 Å². The maximum atomic E-state index is 13.3. The van der Waals surface area contributed by atoms with Crippen molar-refractivity contribution in [2.45, 2.75) is 25.3 Å². The first-order chi connectivity index (χ1) is 13.4. The summed E-state index contributed by atoms with van der Waals surface area (Å²) in [6.07, 6.45) is -0.581. The third-order valence-electron chi connectivity index (χ3n) is 5.08. The Kier molecular flexibility index (Phi) is 4.85. The first-order valence-corrected chi connectivity index (χ1v) is 9.44. The van der Waals surface area contributed by atoms with Crippen molar-refractivity contribution in [2.75, 3.05) is 13.1 Å². The zero-order valence-electron chi connectivity index (χ0n) is 15.1. The molecular weight excluding hydrogens is 386 g/mol. The lowest BCUT2D eigenvalue weighted by Crippen LogP contribution is -2.42. The Bertz CT molecular complexity index is 1020. The maximum absolute atomic E-state index is 13.3. The second-order valence-electron chi connectivity index (χ2n) is 7.01. The number of nitrogens with two attached hydrogens (primary N) is 1. The fourth-order valence-electron chi connectivity index (χ4n) is 3.51. The van der Waals surface area contributed by atoms with Crippen LogP contribution in [0.2, 0.25) is 5.02 Å². The molecule has 0 atom stereocenters. The lowest BCUT2D eigenvalue weighted by molar-refractivity contribution is -0.0494. The van der Waals surface area contributed by atoms with Crippen molar-refractivity contribution in [1.29, 1.82) is 0 Å². The Morgan fingerprint density at radius 3 is 2.46 bits per heavy atom. The Morgan fingerprint density at radius 1 is 1.14 bits per heavy atom. The summed E-state index contributed by atoms with van der Waals surface area (Å²) >= 11 is 6.22. The molecule has 1 aromatic heterocycles. The van der Waals surface area contributed by atoms with Crippen LogP contribution in [0.15, 0.2) is 46.9 Å². The van der Waals surface area contributed by atoms with Crippen LogP contribution in [0.25, 0.3) is 22.1 Å². The molecule has 7 heteroatoms. The topological polar surface area (TPSA) is 59.5 Å². The number of halogens is 3. The van der Waals surface area contributed by atoms with Crippen molar-refractivity contribution >= 4 is 28.5 Å². The average Bonchev–Trinajstić information content (AvgIpc) is 3.10. The summed E-state index contributed by atoms with van der Waals surface area (Å²) in [5.74, 6) is -2.25. The second-order valence-corrected chi connectivity index (χ2v) is 7.44. The van der Waals surface area contributed by atoms with Gasteiger partial charge in [0.2, 0.25) is 0 Å². The first-order valence-electron chi connectivity index (χ1n) is 9.06. The van der Waals surface area contributed by atoms with Gasteiger partial charge >= 0.3 is 0 Å². The molecule has 1 aliphatic rings. The van der Waals surface area contributed by atoms with Crippen LogP contribution < -0.4 is 5.73 Å². The number of hydrogen-bond acceptors (Lipinski definition) is 3. The fourth-order valence-corrected chi connectivity index (χ4v) is 3.72. The number of fused-ring (bicyclic) bond motifs is 1. The van der Waals surface area contributed by atoms with Gasteiger partial charge in [-0.3, -0.25) is 4.79 Å². The molecular formula is C21H19ClF2N2O2. The molecule has 1 fully saturated rings.